The van der Waals surface area contributed by atoms with Crippen LogP contribution in [-0.4, -0.2) is 50.8 Å². The molecule has 1 saturated heterocycles. The van der Waals surface area contributed by atoms with E-state index in [1.54, 1.807) is 0 Å². The maximum atomic E-state index is 13.0. The number of benzene rings is 2. The van der Waals surface area contributed by atoms with Crippen molar-refractivity contribution in [3.63, 3.8) is 0 Å². The predicted octanol–water partition coefficient (Wildman–Crippen LogP) is 3.74. The molecule has 1 fully saturated rings. The third-order valence-electron chi connectivity index (χ3n) is 5.28. The number of nitro groups is 2. The number of carbonyl (C=O) groups excluding carboxylic acids is 2. The van der Waals surface area contributed by atoms with Crippen molar-refractivity contribution in [1.82, 2.24) is 4.90 Å². The van der Waals surface area contributed by atoms with Crippen molar-refractivity contribution in [2.45, 2.75) is 32.4 Å². The second-order valence-electron chi connectivity index (χ2n) is 7.92. The molecule has 2 aromatic rings. The lowest BCUT2D eigenvalue weighted by molar-refractivity contribution is -0.385. The molecular weight excluding hydrogens is 446 g/mol. The Hall–Kier alpha value is -4.12. The smallest absolute Gasteiger partial charge is 0.295 e. The van der Waals surface area contributed by atoms with Crippen LogP contribution in [0.4, 0.5) is 11.4 Å². The summed E-state index contributed by atoms with van der Waals surface area (Å²) in [6.45, 7) is 4.19. The average Bonchev–Trinajstić information content (AvgIpc) is 3.06. The molecule has 0 aromatic heterocycles. The van der Waals surface area contributed by atoms with Gasteiger partial charge >= 0.3 is 0 Å². The van der Waals surface area contributed by atoms with Crippen molar-refractivity contribution in [3.8, 4) is 0 Å². The van der Waals surface area contributed by atoms with E-state index >= 15 is 0 Å². The summed E-state index contributed by atoms with van der Waals surface area (Å²) in [5, 5.41) is 33.2. The van der Waals surface area contributed by atoms with Crippen molar-refractivity contribution in [3.05, 3.63) is 85.5 Å². The number of rotatable bonds is 9. The Labute approximate surface area is 194 Å². The molecule has 1 atom stereocenters. The van der Waals surface area contributed by atoms with Crippen molar-refractivity contribution >= 4 is 28.8 Å². The first kappa shape index (κ1) is 24.5. The number of aliphatic hydroxyl groups is 1. The van der Waals surface area contributed by atoms with Crippen molar-refractivity contribution in [2.75, 3.05) is 13.2 Å². The summed E-state index contributed by atoms with van der Waals surface area (Å²) in [6, 6.07) is 9.35. The number of likely N-dealkylation sites (tertiary alicyclic amines) is 1. The Morgan fingerprint density at radius 2 is 1.71 bits per heavy atom. The van der Waals surface area contributed by atoms with E-state index in [1.165, 1.54) is 47.4 Å². The van der Waals surface area contributed by atoms with Crippen LogP contribution in [0.1, 0.15) is 37.4 Å². The Balaban J connectivity index is 2.08. The maximum Gasteiger partial charge on any atom is 0.295 e. The van der Waals surface area contributed by atoms with Gasteiger partial charge in [0.1, 0.15) is 5.76 Å². The molecule has 0 bridgehead atoms. The van der Waals surface area contributed by atoms with E-state index in [-0.39, 0.29) is 35.2 Å². The minimum atomic E-state index is -1.03. The second-order valence-corrected chi connectivity index (χ2v) is 7.92. The van der Waals surface area contributed by atoms with Gasteiger partial charge in [0.25, 0.3) is 23.1 Å². The predicted molar refractivity (Wildman–Crippen MR) is 121 cm³/mol. The number of nitro benzene ring substituents is 2. The molecule has 2 aromatic carbocycles. The summed E-state index contributed by atoms with van der Waals surface area (Å²) in [5.74, 6) is -2.36. The number of hydrogen-bond acceptors (Lipinski definition) is 8. The first-order chi connectivity index (χ1) is 16.1. The first-order valence-corrected chi connectivity index (χ1v) is 10.5. The average molecular weight is 469 g/mol. The van der Waals surface area contributed by atoms with E-state index in [1.807, 2.05) is 13.8 Å². The molecule has 3 rings (SSSR count). The molecule has 0 saturated carbocycles. The zero-order valence-corrected chi connectivity index (χ0v) is 18.5. The van der Waals surface area contributed by atoms with E-state index in [0.717, 1.165) is 6.07 Å². The number of Topliss-reactive ketones (excluding diaryl/α,β-unsaturated/α-hetero) is 1. The standard InChI is InChI=1S/C23H23N3O8/c1-14(2)34-12-4-11-24-20(15-7-9-17(10-8-15)25(30)31)19(22(28)23(24)29)21(27)16-5-3-6-18(13-16)26(32)33/h3,5-10,13-14,20,27H,4,11-12H2,1-2H3/t20-/m0/s1. The molecule has 1 aliphatic heterocycles. The van der Waals surface area contributed by atoms with Gasteiger partial charge in [0.2, 0.25) is 0 Å². The van der Waals surface area contributed by atoms with Gasteiger partial charge in [0, 0.05) is 43.0 Å². The summed E-state index contributed by atoms with van der Waals surface area (Å²) >= 11 is 0. The zero-order chi connectivity index (χ0) is 25.0. The molecule has 0 aliphatic carbocycles. The van der Waals surface area contributed by atoms with Crippen LogP contribution in [0.2, 0.25) is 0 Å². The van der Waals surface area contributed by atoms with Gasteiger partial charge in [-0.25, -0.2) is 0 Å². The SMILES string of the molecule is CC(C)OCCCN1C(=O)C(=O)C(=C(O)c2cccc([N+](=O)[O-])c2)[C@@H]1c1ccc([N+](=O)[O-])cc1. The third kappa shape index (κ3) is 5.09. The Kier molecular flexibility index (Phi) is 7.37. The summed E-state index contributed by atoms with van der Waals surface area (Å²) in [6.07, 6.45) is 0.390. The Morgan fingerprint density at radius 3 is 2.29 bits per heavy atom. The number of hydrogen-bond donors (Lipinski definition) is 1. The van der Waals surface area contributed by atoms with Crippen LogP contribution in [0.15, 0.2) is 54.1 Å². The molecule has 1 heterocycles. The summed E-state index contributed by atoms with van der Waals surface area (Å²) < 4.78 is 5.50. The van der Waals surface area contributed by atoms with Gasteiger partial charge in [0.05, 0.1) is 27.6 Å². The van der Waals surface area contributed by atoms with E-state index in [4.69, 9.17) is 4.74 Å². The van der Waals surface area contributed by atoms with Gasteiger partial charge < -0.3 is 14.7 Å². The molecular formula is C23H23N3O8. The third-order valence-corrected chi connectivity index (χ3v) is 5.28. The largest absolute Gasteiger partial charge is 0.507 e. The van der Waals surface area contributed by atoms with Crippen LogP contribution in [-0.2, 0) is 14.3 Å². The molecule has 0 spiro atoms. The monoisotopic (exact) mass is 469 g/mol. The highest BCUT2D eigenvalue weighted by atomic mass is 16.6. The van der Waals surface area contributed by atoms with Gasteiger partial charge in [-0.05, 0) is 38.0 Å². The van der Waals surface area contributed by atoms with Crippen LogP contribution in [0.25, 0.3) is 5.76 Å². The van der Waals surface area contributed by atoms with Crippen LogP contribution in [0, 0.1) is 20.2 Å². The van der Waals surface area contributed by atoms with Gasteiger partial charge in [-0.3, -0.25) is 29.8 Å². The van der Waals surface area contributed by atoms with Gasteiger partial charge in [-0.15, -0.1) is 0 Å². The first-order valence-electron chi connectivity index (χ1n) is 10.5. The van der Waals surface area contributed by atoms with Crippen LogP contribution < -0.4 is 0 Å². The lowest BCUT2D eigenvalue weighted by atomic mass is 9.95. The number of carbonyl (C=O) groups is 2. The summed E-state index contributed by atoms with van der Waals surface area (Å²) in [7, 11) is 0. The van der Waals surface area contributed by atoms with Crippen LogP contribution in [0.3, 0.4) is 0 Å². The van der Waals surface area contributed by atoms with Gasteiger partial charge in [-0.1, -0.05) is 12.1 Å². The number of ether oxygens (including phenoxy) is 1. The molecule has 0 unspecified atom stereocenters. The van der Waals surface area contributed by atoms with Crippen LogP contribution in [0.5, 0.6) is 0 Å². The number of ketones is 1. The Bertz CT molecular complexity index is 1160. The topological polar surface area (TPSA) is 153 Å². The fourth-order valence-electron chi connectivity index (χ4n) is 3.71. The van der Waals surface area contributed by atoms with Crippen molar-refractivity contribution < 1.29 is 29.3 Å². The normalized spacial score (nSPS) is 17.4. The molecule has 178 valence electrons. The highest BCUT2D eigenvalue weighted by Crippen LogP contribution is 2.40. The lowest BCUT2D eigenvalue weighted by Crippen LogP contribution is -2.31. The highest BCUT2D eigenvalue weighted by molar-refractivity contribution is 6.46. The van der Waals surface area contributed by atoms with Gasteiger partial charge in [-0.2, -0.15) is 0 Å². The van der Waals surface area contributed by atoms with Crippen molar-refractivity contribution in [1.29, 1.82) is 0 Å². The molecule has 1 aliphatic rings. The lowest BCUT2D eigenvalue weighted by Gasteiger charge is -2.25. The minimum absolute atomic E-state index is 0.00209. The molecule has 11 heteroatoms. The molecule has 1 N–H and O–H groups in total. The number of aliphatic hydroxyl groups excluding tert-OH is 1. The maximum absolute atomic E-state index is 13.0. The number of nitrogens with zero attached hydrogens (tertiary/aromatic N) is 3. The quantitative estimate of drug-likeness (QED) is 0.145. The fourth-order valence-corrected chi connectivity index (χ4v) is 3.71. The van der Waals surface area contributed by atoms with E-state index in [9.17, 15) is 34.9 Å². The van der Waals surface area contributed by atoms with E-state index in [0.29, 0.717) is 18.6 Å². The second kappa shape index (κ2) is 10.2. The van der Waals surface area contributed by atoms with Crippen molar-refractivity contribution in [2.24, 2.45) is 0 Å². The highest BCUT2D eigenvalue weighted by Gasteiger charge is 2.46. The Morgan fingerprint density at radius 1 is 1.06 bits per heavy atom. The minimum Gasteiger partial charge on any atom is -0.507 e. The van der Waals surface area contributed by atoms with E-state index < -0.39 is 33.3 Å². The summed E-state index contributed by atoms with van der Waals surface area (Å²) in [5.41, 5.74) is -0.339. The zero-order valence-electron chi connectivity index (χ0n) is 18.5. The molecule has 0 radical (unpaired) electrons. The molecule has 34 heavy (non-hydrogen) atoms. The summed E-state index contributed by atoms with van der Waals surface area (Å²) in [4.78, 5) is 48.1. The van der Waals surface area contributed by atoms with Crippen LogP contribution >= 0.6 is 0 Å². The van der Waals surface area contributed by atoms with E-state index in [2.05, 4.69) is 0 Å². The fraction of sp³-hybridized carbons (Fsp3) is 0.304. The number of non-ortho nitro benzene ring substituents is 2. The number of amides is 1. The van der Waals surface area contributed by atoms with Gasteiger partial charge in [0.15, 0.2) is 0 Å². The molecule has 11 nitrogen and oxygen atoms in total. The molecule has 1 amide bonds.